The van der Waals surface area contributed by atoms with Crippen LogP contribution < -0.4 is 0 Å². The Balaban J connectivity index is 1.81. The summed E-state index contributed by atoms with van der Waals surface area (Å²) in [6.45, 7) is 0. The second kappa shape index (κ2) is 2.87. The third-order valence-electron chi connectivity index (χ3n) is 4.02. The van der Waals surface area contributed by atoms with E-state index in [1.807, 2.05) is 0 Å². The van der Waals surface area contributed by atoms with Crippen molar-refractivity contribution in [1.82, 2.24) is 0 Å². The molecule has 13 heavy (non-hydrogen) atoms. The van der Waals surface area contributed by atoms with Gasteiger partial charge in [-0.25, -0.2) is 0 Å². The summed E-state index contributed by atoms with van der Waals surface area (Å²) in [5.74, 6) is 3.04. The lowest BCUT2D eigenvalue weighted by Gasteiger charge is -2.41. The van der Waals surface area contributed by atoms with Gasteiger partial charge in [-0.1, -0.05) is 43.2 Å². The first-order valence-electron chi connectivity index (χ1n) is 5.50. The third-order valence-corrected chi connectivity index (χ3v) is 4.02. The second-order valence-electron chi connectivity index (χ2n) is 4.61. The summed E-state index contributed by atoms with van der Waals surface area (Å²) in [7, 11) is 0. The Morgan fingerprint density at radius 1 is 1.00 bits per heavy atom. The molecule has 0 N–H and O–H groups in total. The fourth-order valence-corrected chi connectivity index (χ4v) is 3.28. The van der Waals surface area contributed by atoms with Crippen LogP contribution in [0.5, 0.6) is 0 Å². The van der Waals surface area contributed by atoms with Crippen molar-refractivity contribution in [3.63, 3.8) is 0 Å². The van der Waals surface area contributed by atoms with E-state index >= 15 is 0 Å². The fourth-order valence-electron chi connectivity index (χ4n) is 3.28. The maximum atomic E-state index is 2.30. The molecule has 2 fully saturated rings. The van der Waals surface area contributed by atoms with E-state index in [4.69, 9.17) is 0 Å². The smallest absolute Gasteiger partial charge is 0.0128 e. The Labute approximate surface area is 80.0 Å². The van der Waals surface area contributed by atoms with E-state index in [0.717, 1.165) is 17.8 Å². The van der Waals surface area contributed by atoms with Gasteiger partial charge in [0, 0.05) is 0 Å². The van der Waals surface area contributed by atoms with E-state index in [1.165, 1.54) is 25.7 Å². The van der Waals surface area contributed by atoms with Crippen LogP contribution in [0.3, 0.4) is 0 Å². The highest BCUT2D eigenvalue weighted by atomic mass is 14.5. The average molecular weight is 172 g/mol. The number of hydrogen-bond donors (Lipinski definition) is 0. The molecule has 0 bridgehead atoms. The van der Waals surface area contributed by atoms with E-state index < -0.39 is 0 Å². The zero-order valence-electron chi connectivity index (χ0n) is 7.95. The molecule has 0 nitrogen and oxygen atoms in total. The Bertz CT molecular complexity index is 288. The molecule has 0 heterocycles. The van der Waals surface area contributed by atoms with E-state index in [-0.39, 0.29) is 0 Å². The highest BCUT2D eigenvalue weighted by Crippen LogP contribution is 2.55. The van der Waals surface area contributed by atoms with E-state index in [0.29, 0.717) is 0 Å². The molecule has 68 valence electrons. The second-order valence-corrected chi connectivity index (χ2v) is 4.61. The van der Waals surface area contributed by atoms with Gasteiger partial charge in [-0.15, -0.1) is 0 Å². The zero-order chi connectivity index (χ0) is 8.67. The van der Waals surface area contributed by atoms with Crippen LogP contribution in [0.2, 0.25) is 0 Å². The highest BCUT2D eigenvalue weighted by molar-refractivity contribution is 5.24. The quantitative estimate of drug-likeness (QED) is 0.607. The van der Waals surface area contributed by atoms with Crippen molar-refractivity contribution in [1.29, 1.82) is 0 Å². The maximum absolute atomic E-state index is 2.30. The standard InChI is InChI=1S/C13H16/c1-2-5-10(6-3-1)13-9-11-7-4-8-12(11)13/h1-3,5-6,11-13H,4,7-9H2. The molecule has 1 aromatic rings. The Morgan fingerprint density at radius 2 is 1.85 bits per heavy atom. The predicted octanol–water partition coefficient (Wildman–Crippen LogP) is 3.59. The van der Waals surface area contributed by atoms with Gasteiger partial charge < -0.3 is 0 Å². The third kappa shape index (κ3) is 1.12. The summed E-state index contributed by atoms with van der Waals surface area (Å²) < 4.78 is 0. The molecule has 3 atom stereocenters. The van der Waals surface area contributed by atoms with Crippen molar-refractivity contribution in [2.45, 2.75) is 31.6 Å². The SMILES string of the molecule is c1ccc(C2CC3CCCC32)cc1. The number of fused-ring (bicyclic) bond motifs is 1. The number of hydrogen-bond acceptors (Lipinski definition) is 0. The fraction of sp³-hybridized carbons (Fsp3) is 0.538. The van der Waals surface area contributed by atoms with Crippen LogP contribution in [0, 0.1) is 11.8 Å². The van der Waals surface area contributed by atoms with Crippen LogP contribution in [0.4, 0.5) is 0 Å². The average Bonchev–Trinajstić information content (AvgIpc) is 2.50. The molecule has 0 aromatic heterocycles. The molecule has 2 saturated carbocycles. The van der Waals surface area contributed by atoms with Gasteiger partial charge in [0.15, 0.2) is 0 Å². The number of rotatable bonds is 1. The summed E-state index contributed by atoms with van der Waals surface area (Å²) in [5.41, 5.74) is 1.59. The predicted molar refractivity (Wildman–Crippen MR) is 54.6 cm³/mol. The van der Waals surface area contributed by atoms with Gasteiger partial charge >= 0.3 is 0 Å². The van der Waals surface area contributed by atoms with Crippen LogP contribution in [-0.4, -0.2) is 0 Å². The first kappa shape index (κ1) is 7.61. The molecule has 0 aliphatic heterocycles. The minimum atomic E-state index is 0.911. The Morgan fingerprint density at radius 3 is 2.62 bits per heavy atom. The lowest BCUT2D eigenvalue weighted by molar-refractivity contribution is 0.169. The minimum Gasteiger partial charge on any atom is -0.0622 e. The molecule has 0 saturated heterocycles. The molecule has 0 radical (unpaired) electrons. The van der Waals surface area contributed by atoms with Gasteiger partial charge in [-0.3, -0.25) is 0 Å². The van der Waals surface area contributed by atoms with Crippen LogP contribution >= 0.6 is 0 Å². The van der Waals surface area contributed by atoms with Crippen LogP contribution in [0.1, 0.15) is 37.2 Å². The van der Waals surface area contributed by atoms with E-state index in [9.17, 15) is 0 Å². The van der Waals surface area contributed by atoms with E-state index in [2.05, 4.69) is 30.3 Å². The normalized spacial score (nSPS) is 36.8. The lowest BCUT2D eigenvalue weighted by Crippen LogP contribution is -2.30. The molecule has 0 amide bonds. The first-order chi connectivity index (χ1) is 6.45. The topological polar surface area (TPSA) is 0 Å². The van der Waals surface area contributed by atoms with Crippen molar-refractivity contribution in [3.05, 3.63) is 35.9 Å². The van der Waals surface area contributed by atoms with E-state index in [1.54, 1.807) is 5.56 Å². The summed E-state index contributed by atoms with van der Waals surface area (Å²) >= 11 is 0. The van der Waals surface area contributed by atoms with Crippen molar-refractivity contribution < 1.29 is 0 Å². The molecule has 2 aliphatic carbocycles. The van der Waals surface area contributed by atoms with Gasteiger partial charge in [0.2, 0.25) is 0 Å². The Hall–Kier alpha value is -0.780. The molecule has 2 aliphatic rings. The van der Waals surface area contributed by atoms with Crippen LogP contribution in [-0.2, 0) is 0 Å². The summed E-state index contributed by atoms with van der Waals surface area (Å²) in [6, 6.07) is 11.1. The number of benzene rings is 1. The van der Waals surface area contributed by atoms with Crippen molar-refractivity contribution in [2.75, 3.05) is 0 Å². The molecule has 3 unspecified atom stereocenters. The minimum absolute atomic E-state index is 0.911. The van der Waals surface area contributed by atoms with Gasteiger partial charge in [0.1, 0.15) is 0 Å². The van der Waals surface area contributed by atoms with Gasteiger partial charge in [-0.05, 0) is 36.2 Å². The molecule has 0 spiro atoms. The maximum Gasteiger partial charge on any atom is -0.0128 e. The first-order valence-corrected chi connectivity index (χ1v) is 5.50. The van der Waals surface area contributed by atoms with Gasteiger partial charge in [-0.2, -0.15) is 0 Å². The summed E-state index contributed by atoms with van der Waals surface area (Å²) in [5, 5.41) is 0. The molecular weight excluding hydrogens is 156 g/mol. The monoisotopic (exact) mass is 172 g/mol. The summed E-state index contributed by atoms with van der Waals surface area (Å²) in [4.78, 5) is 0. The van der Waals surface area contributed by atoms with Crippen molar-refractivity contribution in [2.24, 2.45) is 11.8 Å². The van der Waals surface area contributed by atoms with Crippen molar-refractivity contribution in [3.8, 4) is 0 Å². The van der Waals surface area contributed by atoms with Gasteiger partial charge in [0.25, 0.3) is 0 Å². The summed E-state index contributed by atoms with van der Waals surface area (Å²) in [6.07, 6.45) is 5.95. The zero-order valence-corrected chi connectivity index (χ0v) is 7.95. The van der Waals surface area contributed by atoms with Crippen LogP contribution in [0.25, 0.3) is 0 Å². The molecule has 3 rings (SSSR count). The van der Waals surface area contributed by atoms with Crippen molar-refractivity contribution >= 4 is 0 Å². The van der Waals surface area contributed by atoms with Gasteiger partial charge in [0.05, 0.1) is 0 Å². The largest absolute Gasteiger partial charge is 0.0622 e. The molecule has 0 heteroatoms. The molecule has 1 aromatic carbocycles. The lowest BCUT2D eigenvalue weighted by atomic mass is 9.64. The Kier molecular flexibility index (Phi) is 1.68. The molecular formula is C13H16. The highest BCUT2D eigenvalue weighted by Gasteiger charge is 2.43. The van der Waals surface area contributed by atoms with Crippen LogP contribution in [0.15, 0.2) is 30.3 Å².